The lowest BCUT2D eigenvalue weighted by Crippen LogP contribution is -2.24. The number of carbonyl (C=O) groups excluding carboxylic acids is 1. The summed E-state index contributed by atoms with van der Waals surface area (Å²) >= 11 is 7.00. The molecule has 0 saturated carbocycles. The molecule has 1 heterocycles. The lowest BCUT2D eigenvalue weighted by molar-refractivity contribution is -0.141. The average Bonchev–Trinajstić information content (AvgIpc) is 1.77. The van der Waals surface area contributed by atoms with Crippen molar-refractivity contribution >= 4 is 29.3 Å². The first-order valence-electron chi connectivity index (χ1n) is 2.19. The van der Waals surface area contributed by atoms with Crippen molar-refractivity contribution in [1.82, 2.24) is 0 Å². The number of halogens is 1. The van der Waals surface area contributed by atoms with Crippen LogP contribution >= 0.6 is 23.4 Å². The van der Waals surface area contributed by atoms with Gasteiger partial charge in [0.25, 0.3) is 0 Å². The molecule has 0 bridgehead atoms. The van der Waals surface area contributed by atoms with Gasteiger partial charge in [-0.15, -0.1) is 23.4 Å². The maximum absolute atomic E-state index is 10.4. The van der Waals surface area contributed by atoms with Crippen molar-refractivity contribution < 1.29 is 9.53 Å². The Morgan fingerprint density at radius 3 is 3.00 bits per heavy atom. The standard InChI is InChI=1S/C4H5ClO2S/c5-3-1-8-2-7-4(3)6/h3H,1-2H2/t3-/m1/s1. The monoisotopic (exact) mass is 152 g/mol. The van der Waals surface area contributed by atoms with Crippen molar-refractivity contribution in [2.24, 2.45) is 0 Å². The first kappa shape index (κ1) is 6.23. The van der Waals surface area contributed by atoms with E-state index >= 15 is 0 Å². The Hall–Kier alpha value is 0.110. The molecule has 2 nitrogen and oxygen atoms in total. The number of esters is 1. The topological polar surface area (TPSA) is 26.3 Å². The Balaban J connectivity index is 2.39. The summed E-state index contributed by atoms with van der Waals surface area (Å²) in [6, 6.07) is 0. The Kier molecular flexibility index (Phi) is 2.02. The number of hydrogen-bond donors (Lipinski definition) is 0. The first-order valence-corrected chi connectivity index (χ1v) is 3.78. The van der Waals surface area contributed by atoms with Gasteiger partial charge in [0.15, 0.2) is 0 Å². The van der Waals surface area contributed by atoms with Gasteiger partial charge in [0.2, 0.25) is 0 Å². The molecule has 1 aliphatic rings. The SMILES string of the molecule is O=C1OCSC[C@H]1Cl. The van der Waals surface area contributed by atoms with Crippen LogP contribution in [0.25, 0.3) is 0 Å². The summed E-state index contributed by atoms with van der Waals surface area (Å²) in [7, 11) is 0. The van der Waals surface area contributed by atoms with Crippen LogP contribution in [0.2, 0.25) is 0 Å². The summed E-state index contributed by atoms with van der Waals surface area (Å²) in [5.41, 5.74) is 0. The normalized spacial score (nSPS) is 29.6. The smallest absolute Gasteiger partial charge is 0.325 e. The molecular weight excluding hydrogens is 148 g/mol. The fourth-order valence-electron chi connectivity index (χ4n) is 0.410. The molecule has 0 aliphatic carbocycles. The Morgan fingerprint density at radius 2 is 2.62 bits per heavy atom. The number of thioether (sulfide) groups is 1. The number of alkyl halides is 1. The van der Waals surface area contributed by atoms with E-state index in [0.717, 1.165) is 0 Å². The largest absolute Gasteiger partial charge is 0.454 e. The van der Waals surface area contributed by atoms with E-state index in [-0.39, 0.29) is 5.97 Å². The molecular formula is C4H5ClO2S. The molecule has 0 amide bonds. The molecule has 1 rings (SSSR count). The van der Waals surface area contributed by atoms with Gasteiger partial charge in [0.05, 0.1) is 0 Å². The summed E-state index contributed by atoms with van der Waals surface area (Å²) < 4.78 is 4.58. The van der Waals surface area contributed by atoms with Crippen molar-refractivity contribution in [1.29, 1.82) is 0 Å². The van der Waals surface area contributed by atoms with Crippen LogP contribution in [0.15, 0.2) is 0 Å². The zero-order valence-electron chi connectivity index (χ0n) is 4.09. The van der Waals surface area contributed by atoms with Crippen molar-refractivity contribution in [3.63, 3.8) is 0 Å². The molecule has 1 fully saturated rings. The third-order valence-corrected chi connectivity index (χ3v) is 2.17. The molecule has 1 aliphatic heterocycles. The van der Waals surface area contributed by atoms with Gasteiger partial charge in [-0.2, -0.15) is 0 Å². The second kappa shape index (κ2) is 2.60. The van der Waals surface area contributed by atoms with Gasteiger partial charge < -0.3 is 4.74 Å². The predicted octanol–water partition coefficient (Wildman–Crippen LogP) is 0.841. The Bertz CT molecular complexity index is 106. The fraction of sp³-hybridized carbons (Fsp3) is 0.750. The van der Waals surface area contributed by atoms with Crippen LogP contribution in [0.1, 0.15) is 0 Å². The van der Waals surface area contributed by atoms with Crippen LogP contribution < -0.4 is 0 Å². The van der Waals surface area contributed by atoms with E-state index in [4.69, 9.17) is 11.6 Å². The maximum Gasteiger partial charge on any atom is 0.325 e. The van der Waals surface area contributed by atoms with Gasteiger partial charge in [0.1, 0.15) is 11.3 Å². The van der Waals surface area contributed by atoms with Gasteiger partial charge in [-0.05, 0) is 0 Å². The summed E-state index contributed by atoms with van der Waals surface area (Å²) in [6.07, 6.45) is 0. The highest BCUT2D eigenvalue weighted by Crippen LogP contribution is 2.15. The van der Waals surface area contributed by atoms with Crippen molar-refractivity contribution in [3.8, 4) is 0 Å². The van der Waals surface area contributed by atoms with Crippen LogP contribution in [-0.2, 0) is 9.53 Å². The van der Waals surface area contributed by atoms with Gasteiger partial charge in [0, 0.05) is 5.75 Å². The molecule has 0 aromatic heterocycles. The summed E-state index contributed by atoms with van der Waals surface area (Å²) in [6.45, 7) is 0. The van der Waals surface area contributed by atoms with E-state index in [0.29, 0.717) is 11.7 Å². The summed E-state index contributed by atoms with van der Waals surface area (Å²) in [4.78, 5) is 10.4. The highest BCUT2D eigenvalue weighted by Gasteiger charge is 2.20. The first-order chi connectivity index (χ1) is 3.80. The minimum absolute atomic E-state index is 0.287. The highest BCUT2D eigenvalue weighted by molar-refractivity contribution is 7.99. The number of hydrogen-bond acceptors (Lipinski definition) is 3. The second-order valence-corrected chi connectivity index (χ2v) is 2.92. The number of rotatable bonds is 0. The summed E-state index contributed by atoms with van der Waals surface area (Å²) in [5, 5.41) is -0.422. The van der Waals surface area contributed by atoms with Crippen molar-refractivity contribution in [2.45, 2.75) is 5.38 Å². The minimum atomic E-state index is -0.422. The predicted molar refractivity (Wildman–Crippen MR) is 33.1 cm³/mol. The van der Waals surface area contributed by atoms with Gasteiger partial charge in [-0.25, -0.2) is 0 Å². The molecule has 1 atom stereocenters. The van der Waals surface area contributed by atoms with Gasteiger partial charge >= 0.3 is 5.97 Å². The molecule has 0 unspecified atom stereocenters. The number of ether oxygens (including phenoxy) is 1. The molecule has 0 spiro atoms. The van der Waals surface area contributed by atoms with Crippen LogP contribution in [0.5, 0.6) is 0 Å². The van der Waals surface area contributed by atoms with E-state index in [2.05, 4.69) is 4.74 Å². The summed E-state index contributed by atoms with van der Waals surface area (Å²) in [5.74, 6) is 0.855. The molecule has 8 heavy (non-hydrogen) atoms. The van der Waals surface area contributed by atoms with Crippen LogP contribution in [0.3, 0.4) is 0 Å². The average molecular weight is 153 g/mol. The minimum Gasteiger partial charge on any atom is -0.454 e. The Labute approximate surface area is 56.5 Å². The molecule has 0 radical (unpaired) electrons. The lowest BCUT2D eigenvalue weighted by atomic mass is 10.5. The van der Waals surface area contributed by atoms with E-state index in [1.807, 2.05) is 0 Å². The van der Waals surface area contributed by atoms with Gasteiger partial charge in [-0.3, -0.25) is 4.79 Å². The quantitative estimate of drug-likeness (QED) is 0.380. The molecule has 46 valence electrons. The second-order valence-electron chi connectivity index (χ2n) is 1.42. The van der Waals surface area contributed by atoms with Crippen LogP contribution in [0.4, 0.5) is 0 Å². The number of cyclic esters (lactones) is 1. The third-order valence-electron chi connectivity index (χ3n) is 0.804. The van der Waals surface area contributed by atoms with Crippen LogP contribution in [0, 0.1) is 0 Å². The van der Waals surface area contributed by atoms with E-state index in [9.17, 15) is 4.79 Å². The maximum atomic E-state index is 10.4. The zero-order valence-corrected chi connectivity index (χ0v) is 5.67. The molecule has 1 saturated heterocycles. The van der Waals surface area contributed by atoms with Crippen LogP contribution in [-0.4, -0.2) is 23.0 Å². The highest BCUT2D eigenvalue weighted by atomic mass is 35.5. The van der Waals surface area contributed by atoms with Gasteiger partial charge in [-0.1, -0.05) is 0 Å². The molecule has 0 N–H and O–H groups in total. The fourth-order valence-corrected chi connectivity index (χ4v) is 1.38. The van der Waals surface area contributed by atoms with Crippen molar-refractivity contribution in [2.75, 3.05) is 11.7 Å². The molecule has 0 aromatic rings. The number of carbonyl (C=O) groups is 1. The zero-order chi connectivity index (χ0) is 5.98. The van der Waals surface area contributed by atoms with E-state index < -0.39 is 5.38 Å². The molecule has 0 aromatic carbocycles. The third kappa shape index (κ3) is 1.29. The molecule has 4 heteroatoms. The lowest BCUT2D eigenvalue weighted by Gasteiger charge is -2.13. The Morgan fingerprint density at radius 1 is 1.88 bits per heavy atom. The van der Waals surface area contributed by atoms with E-state index in [1.54, 1.807) is 0 Å². The van der Waals surface area contributed by atoms with E-state index in [1.165, 1.54) is 11.8 Å². The van der Waals surface area contributed by atoms with Crippen molar-refractivity contribution in [3.05, 3.63) is 0 Å².